The average molecular weight is 316 g/mol. The second kappa shape index (κ2) is 6.29. The lowest BCUT2D eigenvalue weighted by Gasteiger charge is -2.18. The zero-order valence-electron chi connectivity index (χ0n) is 12.0. The minimum absolute atomic E-state index is 0.0301. The standard InChI is InChI=1S/C14H21FN2O3S/c1-9-5-12(6-13(16)14(9)15)21(19,20)17-7-10-3-2-4-11(10)8-18/h5-6,10-11,17-18H,2-4,7-8,16H2,1H3. The molecule has 0 saturated heterocycles. The number of hydrogen-bond donors (Lipinski definition) is 3. The first kappa shape index (κ1) is 16.2. The Morgan fingerprint density at radius 3 is 2.67 bits per heavy atom. The van der Waals surface area contributed by atoms with E-state index in [2.05, 4.69) is 4.72 Å². The van der Waals surface area contributed by atoms with Gasteiger partial charge in [-0.1, -0.05) is 6.42 Å². The van der Waals surface area contributed by atoms with E-state index in [0.29, 0.717) is 0 Å². The molecular formula is C14H21FN2O3S. The van der Waals surface area contributed by atoms with Crippen molar-refractivity contribution in [1.82, 2.24) is 4.72 Å². The lowest BCUT2D eigenvalue weighted by molar-refractivity contribution is 0.195. The molecule has 4 N–H and O–H groups in total. The van der Waals surface area contributed by atoms with Crippen LogP contribution in [0, 0.1) is 24.6 Å². The maximum absolute atomic E-state index is 13.5. The van der Waals surface area contributed by atoms with Crippen LogP contribution in [0.5, 0.6) is 0 Å². The Morgan fingerprint density at radius 1 is 1.38 bits per heavy atom. The van der Waals surface area contributed by atoms with Crippen molar-refractivity contribution in [2.45, 2.75) is 31.1 Å². The first-order valence-electron chi connectivity index (χ1n) is 7.01. The lowest BCUT2D eigenvalue weighted by atomic mass is 9.97. The number of rotatable bonds is 5. The number of sulfonamides is 1. The van der Waals surface area contributed by atoms with Gasteiger partial charge in [0.15, 0.2) is 0 Å². The largest absolute Gasteiger partial charge is 0.396 e. The molecule has 1 aromatic rings. The molecule has 1 fully saturated rings. The Labute approximate surface area is 124 Å². The SMILES string of the molecule is Cc1cc(S(=O)(=O)NCC2CCCC2CO)cc(N)c1F. The second-order valence-corrected chi connectivity index (χ2v) is 7.40. The summed E-state index contributed by atoms with van der Waals surface area (Å²) in [6, 6.07) is 2.40. The van der Waals surface area contributed by atoms with Gasteiger partial charge in [-0.05, 0) is 49.3 Å². The first-order chi connectivity index (χ1) is 9.85. The van der Waals surface area contributed by atoms with Crippen LogP contribution in [0.15, 0.2) is 17.0 Å². The molecule has 2 unspecified atom stereocenters. The molecule has 0 heterocycles. The Kier molecular flexibility index (Phi) is 4.85. The highest BCUT2D eigenvalue weighted by atomic mass is 32.2. The highest BCUT2D eigenvalue weighted by molar-refractivity contribution is 7.89. The fraction of sp³-hybridized carbons (Fsp3) is 0.571. The third-order valence-electron chi connectivity index (χ3n) is 4.15. The number of nitrogen functional groups attached to an aromatic ring is 1. The quantitative estimate of drug-likeness (QED) is 0.716. The molecule has 0 aliphatic heterocycles. The number of aryl methyl sites for hydroxylation is 1. The average Bonchev–Trinajstić information content (AvgIpc) is 2.89. The van der Waals surface area contributed by atoms with E-state index in [-0.39, 0.29) is 41.1 Å². The number of aliphatic hydroxyl groups excluding tert-OH is 1. The van der Waals surface area contributed by atoms with Crippen LogP contribution >= 0.6 is 0 Å². The van der Waals surface area contributed by atoms with Crippen molar-refractivity contribution in [2.24, 2.45) is 11.8 Å². The molecule has 2 rings (SSSR count). The van der Waals surface area contributed by atoms with Gasteiger partial charge in [0.25, 0.3) is 0 Å². The van der Waals surface area contributed by atoms with E-state index in [9.17, 15) is 17.9 Å². The van der Waals surface area contributed by atoms with E-state index in [1.807, 2.05) is 0 Å². The number of aliphatic hydroxyl groups is 1. The van der Waals surface area contributed by atoms with E-state index in [4.69, 9.17) is 5.73 Å². The number of benzene rings is 1. The molecule has 1 saturated carbocycles. The van der Waals surface area contributed by atoms with Gasteiger partial charge in [-0.25, -0.2) is 17.5 Å². The lowest BCUT2D eigenvalue weighted by Crippen LogP contribution is -2.31. The molecule has 1 aromatic carbocycles. The number of nitrogens with two attached hydrogens (primary N) is 1. The van der Waals surface area contributed by atoms with Gasteiger partial charge in [0.2, 0.25) is 10.0 Å². The van der Waals surface area contributed by atoms with Gasteiger partial charge in [-0.15, -0.1) is 0 Å². The summed E-state index contributed by atoms with van der Waals surface area (Å²) in [7, 11) is -3.72. The maximum Gasteiger partial charge on any atom is 0.240 e. The molecule has 0 aromatic heterocycles. The number of nitrogens with one attached hydrogen (secondary N) is 1. The van der Waals surface area contributed by atoms with Crippen LogP contribution in [0.2, 0.25) is 0 Å². The van der Waals surface area contributed by atoms with Crippen molar-refractivity contribution in [3.8, 4) is 0 Å². The second-order valence-electron chi connectivity index (χ2n) is 5.63. The number of anilines is 1. The predicted octanol–water partition coefficient (Wildman–Crippen LogP) is 1.40. The van der Waals surface area contributed by atoms with Crippen LogP contribution in [-0.2, 0) is 10.0 Å². The molecule has 1 aliphatic rings. The first-order valence-corrected chi connectivity index (χ1v) is 8.49. The molecule has 7 heteroatoms. The van der Waals surface area contributed by atoms with Gasteiger partial charge in [0.05, 0.1) is 10.6 Å². The fourth-order valence-corrected chi connectivity index (χ4v) is 4.05. The molecule has 118 valence electrons. The molecule has 0 bridgehead atoms. The van der Waals surface area contributed by atoms with Gasteiger partial charge < -0.3 is 10.8 Å². The molecule has 1 aliphatic carbocycles. The Hall–Kier alpha value is -1.18. The van der Waals surface area contributed by atoms with Gasteiger partial charge in [-0.3, -0.25) is 0 Å². The van der Waals surface area contributed by atoms with Crippen LogP contribution in [-0.4, -0.2) is 26.7 Å². The summed E-state index contributed by atoms with van der Waals surface area (Å²) in [5, 5.41) is 9.25. The molecule has 0 spiro atoms. The van der Waals surface area contributed by atoms with Crippen molar-refractivity contribution >= 4 is 15.7 Å². The van der Waals surface area contributed by atoms with Crippen molar-refractivity contribution in [2.75, 3.05) is 18.9 Å². The van der Waals surface area contributed by atoms with Crippen molar-refractivity contribution in [3.05, 3.63) is 23.5 Å². The van der Waals surface area contributed by atoms with E-state index < -0.39 is 15.8 Å². The number of halogens is 1. The Morgan fingerprint density at radius 2 is 2.05 bits per heavy atom. The molecule has 21 heavy (non-hydrogen) atoms. The fourth-order valence-electron chi connectivity index (χ4n) is 2.84. The zero-order valence-corrected chi connectivity index (χ0v) is 12.8. The summed E-state index contributed by atoms with van der Waals surface area (Å²) >= 11 is 0. The summed E-state index contributed by atoms with van der Waals surface area (Å²) in [4.78, 5) is -0.0301. The van der Waals surface area contributed by atoms with E-state index in [0.717, 1.165) is 25.3 Å². The summed E-state index contributed by atoms with van der Waals surface area (Å²) in [5.41, 5.74) is 5.50. The van der Waals surface area contributed by atoms with Crippen LogP contribution in [0.1, 0.15) is 24.8 Å². The molecule has 5 nitrogen and oxygen atoms in total. The van der Waals surface area contributed by atoms with E-state index >= 15 is 0 Å². The Balaban J connectivity index is 2.12. The van der Waals surface area contributed by atoms with E-state index in [1.165, 1.54) is 13.0 Å². The molecule has 0 amide bonds. The minimum atomic E-state index is -3.72. The summed E-state index contributed by atoms with van der Waals surface area (Å²) in [6.07, 6.45) is 2.82. The summed E-state index contributed by atoms with van der Waals surface area (Å²) in [6.45, 7) is 1.84. The van der Waals surface area contributed by atoms with Gasteiger partial charge in [0, 0.05) is 13.2 Å². The monoisotopic (exact) mass is 316 g/mol. The molecule has 2 atom stereocenters. The highest BCUT2D eigenvalue weighted by Crippen LogP contribution is 2.31. The van der Waals surface area contributed by atoms with Gasteiger partial charge >= 0.3 is 0 Å². The molecular weight excluding hydrogens is 295 g/mol. The number of hydrogen-bond acceptors (Lipinski definition) is 4. The predicted molar refractivity (Wildman–Crippen MR) is 78.7 cm³/mol. The topological polar surface area (TPSA) is 92.4 Å². The highest BCUT2D eigenvalue weighted by Gasteiger charge is 2.28. The zero-order chi connectivity index (χ0) is 15.6. The summed E-state index contributed by atoms with van der Waals surface area (Å²) in [5.74, 6) is -0.304. The van der Waals surface area contributed by atoms with Gasteiger partial charge in [-0.2, -0.15) is 0 Å². The van der Waals surface area contributed by atoms with E-state index in [1.54, 1.807) is 0 Å². The smallest absolute Gasteiger partial charge is 0.240 e. The van der Waals surface area contributed by atoms with Crippen LogP contribution in [0.3, 0.4) is 0 Å². The van der Waals surface area contributed by atoms with Gasteiger partial charge in [0.1, 0.15) is 5.82 Å². The van der Waals surface area contributed by atoms with Crippen LogP contribution in [0.4, 0.5) is 10.1 Å². The maximum atomic E-state index is 13.5. The third-order valence-corrected chi connectivity index (χ3v) is 5.56. The third kappa shape index (κ3) is 3.53. The van der Waals surface area contributed by atoms with Crippen LogP contribution in [0.25, 0.3) is 0 Å². The van der Waals surface area contributed by atoms with Crippen molar-refractivity contribution in [1.29, 1.82) is 0 Å². The normalized spacial score (nSPS) is 22.6. The van der Waals surface area contributed by atoms with Crippen molar-refractivity contribution in [3.63, 3.8) is 0 Å². The minimum Gasteiger partial charge on any atom is -0.396 e. The summed E-state index contributed by atoms with van der Waals surface area (Å²) < 4.78 is 40.5. The van der Waals surface area contributed by atoms with Crippen molar-refractivity contribution < 1.29 is 17.9 Å². The Bertz CT molecular complexity index is 596. The van der Waals surface area contributed by atoms with Crippen LogP contribution < -0.4 is 10.5 Å². The molecule has 0 radical (unpaired) electrons.